The van der Waals surface area contributed by atoms with Crippen LogP contribution in [0.25, 0.3) is 5.69 Å². The van der Waals surface area contributed by atoms with Gasteiger partial charge in [0.1, 0.15) is 5.82 Å². The van der Waals surface area contributed by atoms with Crippen LogP contribution in [-0.4, -0.2) is 16.7 Å². The molecule has 0 saturated heterocycles. The summed E-state index contributed by atoms with van der Waals surface area (Å²) >= 11 is 3.49. The summed E-state index contributed by atoms with van der Waals surface area (Å²) in [5, 5.41) is 4.03. The fourth-order valence-electron chi connectivity index (χ4n) is 2.76. The van der Waals surface area contributed by atoms with Gasteiger partial charge in [-0.2, -0.15) is 5.10 Å². The maximum atomic E-state index is 12.9. The van der Waals surface area contributed by atoms with Crippen LogP contribution in [0.15, 0.2) is 64.2 Å². The van der Waals surface area contributed by atoms with Gasteiger partial charge in [0, 0.05) is 32.7 Å². The third kappa shape index (κ3) is 3.91. The molecular formula is C20H17BrFN3O. The zero-order chi connectivity index (χ0) is 18.7. The maximum Gasteiger partial charge on any atom is 0.271 e. The molecule has 0 atom stereocenters. The van der Waals surface area contributed by atoms with E-state index in [0.29, 0.717) is 5.56 Å². The highest BCUT2D eigenvalue weighted by atomic mass is 79.9. The van der Waals surface area contributed by atoms with Crippen molar-refractivity contribution in [2.24, 2.45) is 5.10 Å². The van der Waals surface area contributed by atoms with E-state index in [1.807, 2.05) is 44.2 Å². The SMILES string of the molecule is Cc1cc(/C=N\NC(=O)c2ccc(F)cc2)c(C)n1-c1cccc(Br)c1. The lowest BCUT2D eigenvalue weighted by Gasteiger charge is -2.09. The largest absolute Gasteiger partial charge is 0.318 e. The molecule has 132 valence electrons. The lowest BCUT2D eigenvalue weighted by atomic mass is 10.2. The standard InChI is InChI=1S/C20H17BrFN3O/c1-13-10-16(14(2)25(13)19-5-3-4-17(21)11-19)12-23-24-20(26)15-6-8-18(22)9-7-15/h3-12H,1-2H3,(H,24,26)/b23-12-. The number of hydrazone groups is 1. The Morgan fingerprint density at radius 2 is 1.88 bits per heavy atom. The molecule has 1 N–H and O–H groups in total. The Balaban J connectivity index is 1.78. The molecule has 3 aromatic rings. The van der Waals surface area contributed by atoms with Crippen LogP contribution in [-0.2, 0) is 0 Å². The van der Waals surface area contributed by atoms with Crippen molar-refractivity contribution in [2.45, 2.75) is 13.8 Å². The number of benzene rings is 2. The molecule has 1 aromatic heterocycles. The Hall–Kier alpha value is -2.73. The fourth-order valence-corrected chi connectivity index (χ4v) is 3.14. The first-order valence-electron chi connectivity index (χ1n) is 7.99. The van der Waals surface area contributed by atoms with Gasteiger partial charge in [0.15, 0.2) is 0 Å². The number of hydrogen-bond donors (Lipinski definition) is 1. The van der Waals surface area contributed by atoms with Gasteiger partial charge < -0.3 is 4.57 Å². The van der Waals surface area contributed by atoms with E-state index in [1.54, 1.807) is 6.21 Å². The molecular weight excluding hydrogens is 397 g/mol. The third-order valence-electron chi connectivity index (χ3n) is 4.01. The third-order valence-corrected chi connectivity index (χ3v) is 4.51. The molecule has 0 aliphatic rings. The van der Waals surface area contributed by atoms with E-state index in [-0.39, 0.29) is 11.7 Å². The topological polar surface area (TPSA) is 46.4 Å². The van der Waals surface area contributed by atoms with Gasteiger partial charge in [-0.1, -0.05) is 22.0 Å². The van der Waals surface area contributed by atoms with Crippen LogP contribution in [0, 0.1) is 19.7 Å². The van der Waals surface area contributed by atoms with E-state index in [9.17, 15) is 9.18 Å². The second-order valence-electron chi connectivity index (χ2n) is 5.85. The molecule has 0 saturated carbocycles. The van der Waals surface area contributed by atoms with E-state index < -0.39 is 0 Å². The van der Waals surface area contributed by atoms with Gasteiger partial charge >= 0.3 is 0 Å². The number of rotatable bonds is 4. The Morgan fingerprint density at radius 3 is 2.58 bits per heavy atom. The number of aryl methyl sites for hydroxylation is 1. The van der Waals surface area contributed by atoms with Gasteiger partial charge in [0.25, 0.3) is 5.91 Å². The number of nitrogens with zero attached hydrogens (tertiary/aromatic N) is 2. The predicted octanol–water partition coefficient (Wildman–Crippen LogP) is 4.76. The van der Waals surface area contributed by atoms with E-state index in [4.69, 9.17) is 0 Å². The zero-order valence-electron chi connectivity index (χ0n) is 14.3. The fraction of sp³-hybridized carbons (Fsp3) is 0.100. The summed E-state index contributed by atoms with van der Waals surface area (Å²) in [6, 6.07) is 15.3. The minimum absolute atomic E-state index is 0.350. The average molecular weight is 414 g/mol. The quantitative estimate of drug-likeness (QED) is 0.486. The molecule has 0 bridgehead atoms. The van der Waals surface area contributed by atoms with E-state index >= 15 is 0 Å². The molecule has 0 aliphatic carbocycles. The van der Waals surface area contributed by atoms with Gasteiger partial charge in [-0.15, -0.1) is 0 Å². The Morgan fingerprint density at radius 1 is 1.15 bits per heavy atom. The summed E-state index contributed by atoms with van der Waals surface area (Å²) in [5.74, 6) is -0.771. The van der Waals surface area contributed by atoms with Crippen LogP contribution in [0.2, 0.25) is 0 Å². The van der Waals surface area contributed by atoms with Crippen molar-refractivity contribution in [1.82, 2.24) is 9.99 Å². The van der Waals surface area contributed by atoms with Gasteiger partial charge in [-0.05, 0) is 62.4 Å². The van der Waals surface area contributed by atoms with Crippen LogP contribution in [0.3, 0.4) is 0 Å². The number of aromatic nitrogens is 1. The van der Waals surface area contributed by atoms with Crippen LogP contribution in [0.1, 0.15) is 27.3 Å². The van der Waals surface area contributed by atoms with Crippen LogP contribution < -0.4 is 5.43 Å². The molecule has 0 unspecified atom stereocenters. The van der Waals surface area contributed by atoms with Crippen molar-refractivity contribution in [1.29, 1.82) is 0 Å². The molecule has 6 heteroatoms. The van der Waals surface area contributed by atoms with Crippen molar-refractivity contribution < 1.29 is 9.18 Å². The summed E-state index contributed by atoms with van der Waals surface area (Å²) in [4.78, 5) is 12.0. The first kappa shape index (κ1) is 18.1. The van der Waals surface area contributed by atoms with Crippen molar-refractivity contribution in [2.75, 3.05) is 0 Å². The van der Waals surface area contributed by atoms with Crippen LogP contribution in [0.5, 0.6) is 0 Å². The minimum Gasteiger partial charge on any atom is -0.318 e. The molecule has 0 spiro atoms. The second-order valence-corrected chi connectivity index (χ2v) is 6.76. The smallest absolute Gasteiger partial charge is 0.271 e. The van der Waals surface area contributed by atoms with Gasteiger partial charge in [0.05, 0.1) is 6.21 Å². The summed E-state index contributed by atoms with van der Waals surface area (Å²) in [5.41, 5.74) is 6.84. The molecule has 1 heterocycles. The van der Waals surface area contributed by atoms with Gasteiger partial charge in [-0.25, -0.2) is 9.82 Å². The Bertz CT molecular complexity index is 977. The highest BCUT2D eigenvalue weighted by Crippen LogP contribution is 2.22. The predicted molar refractivity (Wildman–Crippen MR) is 104 cm³/mol. The van der Waals surface area contributed by atoms with E-state index in [1.165, 1.54) is 24.3 Å². The molecule has 0 radical (unpaired) electrons. The number of carbonyl (C=O) groups excluding carboxylic acids is 1. The number of halogens is 2. The normalized spacial score (nSPS) is 11.1. The van der Waals surface area contributed by atoms with Crippen LogP contribution >= 0.6 is 15.9 Å². The molecule has 26 heavy (non-hydrogen) atoms. The highest BCUT2D eigenvalue weighted by molar-refractivity contribution is 9.10. The van der Waals surface area contributed by atoms with Gasteiger partial charge in [0.2, 0.25) is 0 Å². The molecule has 2 aromatic carbocycles. The molecule has 1 amide bonds. The first-order valence-corrected chi connectivity index (χ1v) is 8.79. The Kier molecular flexibility index (Phi) is 5.32. The number of carbonyl (C=O) groups is 1. The van der Waals surface area contributed by atoms with E-state index in [0.717, 1.165) is 27.1 Å². The minimum atomic E-state index is -0.387. The summed E-state index contributed by atoms with van der Waals surface area (Å²) < 4.78 is 16.0. The molecule has 3 rings (SSSR count). The summed E-state index contributed by atoms with van der Waals surface area (Å²) in [6.07, 6.45) is 1.61. The zero-order valence-corrected chi connectivity index (χ0v) is 15.9. The second kappa shape index (κ2) is 7.66. The lowest BCUT2D eigenvalue weighted by molar-refractivity contribution is 0.0955. The van der Waals surface area contributed by atoms with Gasteiger partial charge in [-0.3, -0.25) is 4.79 Å². The lowest BCUT2D eigenvalue weighted by Crippen LogP contribution is -2.17. The number of hydrogen-bond acceptors (Lipinski definition) is 2. The van der Waals surface area contributed by atoms with Crippen LogP contribution in [0.4, 0.5) is 4.39 Å². The first-order chi connectivity index (χ1) is 12.5. The molecule has 4 nitrogen and oxygen atoms in total. The van der Waals surface area contributed by atoms with Crippen molar-refractivity contribution in [3.63, 3.8) is 0 Å². The number of nitrogens with one attached hydrogen (secondary N) is 1. The van der Waals surface area contributed by atoms with Crippen molar-refractivity contribution >= 4 is 28.1 Å². The highest BCUT2D eigenvalue weighted by Gasteiger charge is 2.10. The Labute approximate surface area is 159 Å². The average Bonchev–Trinajstić information content (AvgIpc) is 2.89. The maximum absolute atomic E-state index is 12.9. The van der Waals surface area contributed by atoms with Crippen molar-refractivity contribution in [3.05, 3.63) is 87.4 Å². The molecule has 0 fully saturated rings. The summed E-state index contributed by atoms with van der Waals surface area (Å²) in [7, 11) is 0. The van der Waals surface area contributed by atoms with E-state index in [2.05, 4.69) is 31.0 Å². The van der Waals surface area contributed by atoms with Crippen molar-refractivity contribution in [3.8, 4) is 5.69 Å². The molecule has 0 aliphatic heterocycles. The monoisotopic (exact) mass is 413 g/mol. The number of amides is 1. The summed E-state index contributed by atoms with van der Waals surface area (Å²) in [6.45, 7) is 4.01.